The summed E-state index contributed by atoms with van der Waals surface area (Å²) in [6.07, 6.45) is 4.99. The summed E-state index contributed by atoms with van der Waals surface area (Å²) in [6, 6.07) is 19.4. The fourth-order valence-corrected chi connectivity index (χ4v) is 5.66. The second kappa shape index (κ2) is 9.90. The van der Waals surface area contributed by atoms with Crippen molar-refractivity contribution in [2.24, 2.45) is 7.05 Å². The molecule has 2 aromatic heterocycles. The highest BCUT2D eigenvalue weighted by atomic mass is 16.5. The molecule has 2 aromatic carbocycles. The fraction of sp³-hybridized carbons (Fsp3) is 0.333. The van der Waals surface area contributed by atoms with E-state index in [9.17, 15) is 9.59 Å². The van der Waals surface area contributed by atoms with Crippen molar-refractivity contribution in [1.29, 1.82) is 0 Å². The van der Waals surface area contributed by atoms with E-state index in [1.165, 1.54) is 30.2 Å². The molecule has 1 fully saturated rings. The number of carbonyl (C=O) groups excluding carboxylic acids is 1. The molecule has 0 bridgehead atoms. The Kier molecular flexibility index (Phi) is 6.30. The van der Waals surface area contributed by atoms with E-state index in [0.717, 1.165) is 48.2 Å². The summed E-state index contributed by atoms with van der Waals surface area (Å²) in [7, 11) is 2.08. The molecule has 190 valence electrons. The number of aryl methyl sites for hydroxylation is 1. The third-order valence-electron chi connectivity index (χ3n) is 7.72. The first-order valence-corrected chi connectivity index (χ1v) is 13.1. The maximum atomic E-state index is 13.0. The number of fused-ring (bicyclic) bond motifs is 3. The highest BCUT2D eigenvalue weighted by Gasteiger charge is 2.27. The van der Waals surface area contributed by atoms with Crippen LogP contribution in [0.4, 0.5) is 0 Å². The predicted octanol–water partition coefficient (Wildman–Crippen LogP) is 3.89. The van der Waals surface area contributed by atoms with Gasteiger partial charge in [0.1, 0.15) is 12.4 Å². The minimum atomic E-state index is -0.137. The summed E-state index contributed by atoms with van der Waals surface area (Å²) < 4.78 is 9.69. The van der Waals surface area contributed by atoms with Gasteiger partial charge < -0.3 is 14.2 Å². The Morgan fingerprint density at radius 2 is 1.78 bits per heavy atom. The number of nitrogens with zero attached hydrogens (tertiary/aromatic N) is 4. The van der Waals surface area contributed by atoms with Crippen molar-refractivity contribution in [2.45, 2.75) is 32.4 Å². The van der Waals surface area contributed by atoms with Crippen LogP contribution in [0.25, 0.3) is 16.6 Å². The molecule has 0 aliphatic carbocycles. The highest BCUT2D eigenvalue weighted by molar-refractivity contribution is 5.88. The second-order valence-corrected chi connectivity index (χ2v) is 10.1. The van der Waals surface area contributed by atoms with Crippen LogP contribution in [0.3, 0.4) is 0 Å². The van der Waals surface area contributed by atoms with E-state index >= 15 is 0 Å². The first-order valence-electron chi connectivity index (χ1n) is 13.1. The van der Waals surface area contributed by atoms with Gasteiger partial charge in [-0.05, 0) is 49.7 Å². The fourth-order valence-electron chi connectivity index (χ4n) is 5.66. The van der Waals surface area contributed by atoms with Crippen LogP contribution in [0.5, 0.6) is 5.75 Å². The summed E-state index contributed by atoms with van der Waals surface area (Å²) >= 11 is 0. The standard InChI is InChI=1S/C30H32N4O3/c1-31-27-12-15-33(30(36)20-32-13-5-6-14-32)19-26(27)25-10-9-23(17-28(25)31)34-16-11-24(18-29(34)35)37-21-22-7-3-2-4-8-22/h2-4,7-11,16-18H,5-6,12-15,19-21H2,1H3. The van der Waals surface area contributed by atoms with Gasteiger partial charge in [0.05, 0.1) is 17.7 Å². The first kappa shape index (κ1) is 23.6. The number of benzene rings is 2. The SMILES string of the molecule is Cn1c2c(c3ccc(-n4ccc(OCc5ccccc5)cc4=O)cc31)CN(C(=O)CN1CCCC1)CC2. The number of hydrogen-bond donors (Lipinski definition) is 0. The van der Waals surface area contributed by atoms with Gasteiger partial charge in [-0.2, -0.15) is 0 Å². The van der Waals surface area contributed by atoms with Gasteiger partial charge in [-0.3, -0.25) is 19.1 Å². The first-order chi connectivity index (χ1) is 18.1. The van der Waals surface area contributed by atoms with Gasteiger partial charge in [0.2, 0.25) is 5.91 Å². The number of rotatable bonds is 6. The van der Waals surface area contributed by atoms with E-state index < -0.39 is 0 Å². The Balaban J connectivity index is 1.22. The molecular formula is C30H32N4O3. The van der Waals surface area contributed by atoms with E-state index in [4.69, 9.17) is 4.74 Å². The van der Waals surface area contributed by atoms with E-state index in [0.29, 0.717) is 25.4 Å². The van der Waals surface area contributed by atoms with Gasteiger partial charge >= 0.3 is 0 Å². The average Bonchev–Trinajstić information content (AvgIpc) is 3.54. The Bertz CT molecular complexity index is 1500. The van der Waals surface area contributed by atoms with Crippen LogP contribution in [-0.4, -0.2) is 51.0 Å². The number of likely N-dealkylation sites (tertiary alicyclic amines) is 1. The van der Waals surface area contributed by atoms with Crippen molar-refractivity contribution in [1.82, 2.24) is 18.9 Å². The molecule has 0 unspecified atom stereocenters. The molecule has 1 amide bonds. The van der Waals surface area contributed by atoms with Crippen LogP contribution in [0.15, 0.2) is 71.7 Å². The molecule has 6 rings (SSSR count). The molecule has 2 aliphatic rings. The van der Waals surface area contributed by atoms with Gasteiger partial charge in [-0.25, -0.2) is 0 Å². The van der Waals surface area contributed by atoms with E-state index in [1.807, 2.05) is 47.4 Å². The van der Waals surface area contributed by atoms with Gasteiger partial charge in [-0.1, -0.05) is 36.4 Å². The normalized spacial score (nSPS) is 15.8. The van der Waals surface area contributed by atoms with Crippen LogP contribution in [0.1, 0.15) is 29.7 Å². The topological polar surface area (TPSA) is 59.7 Å². The van der Waals surface area contributed by atoms with E-state index in [2.05, 4.69) is 28.6 Å². The molecule has 1 saturated heterocycles. The molecule has 4 heterocycles. The number of amides is 1. The van der Waals surface area contributed by atoms with Crippen molar-refractivity contribution in [3.63, 3.8) is 0 Å². The van der Waals surface area contributed by atoms with Crippen molar-refractivity contribution in [3.8, 4) is 11.4 Å². The predicted molar refractivity (Wildman–Crippen MR) is 144 cm³/mol. The Labute approximate surface area is 216 Å². The Morgan fingerprint density at radius 3 is 2.57 bits per heavy atom. The molecule has 0 N–H and O–H groups in total. The van der Waals surface area contributed by atoms with Crippen molar-refractivity contribution in [2.75, 3.05) is 26.2 Å². The Hall–Kier alpha value is -3.84. The summed E-state index contributed by atoms with van der Waals surface area (Å²) in [6.45, 7) is 4.40. The molecule has 7 heteroatoms. The lowest BCUT2D eigenvalue weighted by Crippen LogP contribution is -2.42. The highest BCUT2D eigenvalue weighted by Crippen LogP contribution is 2.31. The van der Waals surface area contributed by atoms with Crippen LogP contribution < -0.4 is 10.3 Å². The molecule has 37 heavy (non-hydrogen) atoms. The molecule has 2 aliphatic heterocycles. The summed E-state index contributed by atoms with van der Waals surface area (Å²) in [4.78, 5) is 30.2. The van der Waals surface area contributed by atoms with Crippen LogP contribution >= 0.6 is 0 Å². The van der Waals surface area contributed by atoms with Gasteiger partial charge in [0, 0.05) is 55.5 Å². The molecule has 4 aromatic rings. The van der Waals surface area contributed by atoms with Crippen molar-refractivity contribution >= 4 is 16.8 Å². The molecule has 0 atom stereocenters. The quantitative estimate of drug-likeness (QED) is 0.407. The average molecular weight is 497 g/mol. The summed E-state index contributed by atoms with van der Waals surface area (Å²) in [5.41, 5.74) is 5.31. The maximum Gasteiger partial charge on any atom is 0.258 e. The van der Waals surface area contributed by atoms with Crippen LogP contribution in [0, 0.1) is 0 Å². The number of pyridine rings is 1. The smallest absolute Gasteiger partial charge is 0.258 e. The second-order valence-electron chi connectivity index (χ2n) is 10.1. The number of hydrogen-bond acceptors (Lipinski definition) is 4. The van der Waals surface area contributed by atoms with E-state index in [-0.39, 0.29) is 11.5 Å². The minimum absolute atomic E-state index is 0.137. The van der Waals surface area contributed by atoms with Crippen LogP contribution in [0.2, 0.25) is 0 Å². The third kappa shape index (κ3) is 4.67. The zero-order valence-corrected chi connectivity index (χ0v) is 21.2. The van der Waals surface area contributed by atoms with E-state index in [1.54, 1.807) is 10.8 Å². The van der Waals surface area contributed by atoms with Crippen molar-refractivity contribution < 1.29 is 9.53 Å². The molecule has 0 saturated carbocycles. The zero-order valence-electron chi connectivity index (χ0n) is 21.2. The van der Waals surface area contributed by atoms with Gasteiger partial charge in [-0.15, -0.1) is 0 Å². The number of aromatic nitrogens is 2. The minimum Gasteiger partial charge on any atom is -0.489 e. The lowest BCUT2D eigenvalue weighted by molar-refractivity contribution is -0.133. The largest absolute Gasteiger partial charge is 0.489 e. The third-order valence-corrected chi connectivity index (χ3v) is 7.72. The number of ether oxygens (including phenoxy) is 1. The van der Waals surface area contributed by atoms with Gasteiger partial charge in [0.25, 0.3) is 5.56 Å². The lowest BCUT2D eigenvalue weighted by Gasteiger charge is -2.29. The zero-order chi connectivity index (χ0) is 25.4. The maximum absolute atomic E-state index is 13.0. The van der Waals surface area contributed by atoms with Crippen molar-refractivity contribution in [3.05, 3.63) is 94.0 Å². The summed E-state index contributed by atoms with van der Waals surface area (Å²) in [5.74, 6) is 0.779. The summed E-state index contributed by atoms with van der Waals surface area (Å²) in [5, 5.41) is 1.15. The monoisotopic (exact) mass is 496 g/mol. The molecule has 0 spiro atoms. The van der Waals surface area contributed by atoms with Crippen LogP contribution in [-0.2, 0) is 31.4 Å². The molecular weight excluding hydrogens is 464 g/mol. The molecule has 7 nitrogen and oxygen atoms in total. The Morgan fingerprint density at radius 1 is 0.973 bits per heavy atom. The lowest BCUT2D eigenvalue weighted by atomic mass is 10.0. The number of carbonyl (C=O) groups is 1. The molecule has 0 radical (unpaired) electrons. The van der Waals surface area contributed by atoms with Gasteiger partial charge in [0.15, 0.2) is 0 Å².